The molecule has 0 saturated heterocycles. The standard InChI is InChI=1S/C10H14N6O/c1-6(2)17-9-5-8(15-16-9)13-7-3-4-12-10(11)14-7/h3-6H,1-2H3,(H4,11,12,13,14,15,16). The van der Waals surface area contributed by atoms with Gasteiger partial charge in [-0.15, -0.1) is 5.10 Å². The third kappa shape index (κ3) is 3.07. The van der Waals surface area contributed by atoms with Crippen LogP contribution in [0.1, 0.15) is 13.8 Å². The summed E-state index contributed by atoms with van der Waals surface area (Å²) in [5.74, 6) is 2.02. The van der Waals surface area contributed by atoms with Gasteiger partial charge >= 0.3 is 0 Å². The van der Waals surface area contributed by atoms with Gasteiger partial charge in [-0.2, -0.15) is 4.98 Å². The molecular weight excluding hydrogens is 220 g/mol. The molecule has 2 heterocycles. The molecule has 0 unspecified atom stereocenters. The highest BCUT2D eigenvalue weighted by atomic mass is 16.5. The maximum Gasteiger partial charge on any atom is 0.234 e. The van der Waals surface area contributed by atoms with Gasteiger partial charge in [-0.05, 0) is 19.9 Å². The number of rotatable bonds is 4. The summed E-state index contributed by atoms with van der Waals surface area (Å²) in [5.41, 5.74) is 5.47. The topological polar surface area (TPSA) is 102 Å². The number of H-pyrrole nitrogens is 1. The Morgan fingerprint density at radius 1 is 1.47 bits per heavy atom. The smallest absolute Gasteiger partial charge is 0.234 e. The molecule has 0 atom stereocenters. The number of aromatic nitrogens is 4. The lowest BCUT2D eigenvalue weighted by molar-refractivity contribution is 0.232. The van der Waals surface area contributed by atoms with Crippen LogP contribution in [0.25, 0.3) is 0 Å². The molecule has 90 valence electrons. The number of aromatic amines is 1. The zero-order valence-electron chi connectivity index (χ0n) is 9.64. The van der Waals surface area contributed by atoms with E-state index in [4.69, 9.17) is 10.5 Å². The number of hydrogen-bond acceptors (Lipinski definition) is 6. The van der Waals surface area contributed by atoms with E-state index in [1.54, 1.807) is 18.3 Å². The Morgan fingerprint density at radius 3 is 3.00 bits per heavy atom. The van der Waals surface area contributed by atoms with Crippen LogP contribution in [0.2, 0.25) is 0 Å². The van der Waals surface area contributed by atoms with E-state index in [9.17, 15) is 0 Å². The second kappa shape index (κ2) is 4.69. The summed E-state index contributed by atoms with van der Waals surface area (Å²) >= 11 is 0. The Labute approximate surface area is 98.4 Å². The minimum absolute atomic E-state index is 0.0841. The lowest BCUT2D eigenvalue weighted by atomic mass is 10.5. The lowest BCUT2D eigenvalue weighted by Crippen LogP contribution is -2.05. The van der Waals surface area contributed by atoms with Gasteiger partial charge in [-0.3, -0.25) is 5.10 Å². The summed E-state index contributed by atoms with van der Waals surface area (Å²) in [7, 11) is 0. The Kier molecular flexibility index (Phi) is 3.08. The summed E-state index contributed by atoms with van der Waals surface area (Å²) in [4.78, 5) is 7.81. The fraction of sp³-hybridized carbons (Fsp3) is 0.300. The van der Waals surface area contributed by atoms with E-state index in [1.807, 2.05) is 13.8 Å². The average molecular weight is 234 g/mol. The van der Waals surface area contributed by atoms with Crippen LogP contribution in [0.5, 0.6) is 5.88 Å². The highest BCUT2D eigenvalue weighted by Gasteiger charge is 2.04. The Balaban J connectivity index is 2.06. The summed E-state index contributed by atoms with van der Waals surface area (Å²) in [6.45, 7) is 3.87. The summed E-state index contributed by atoms with van der Waals surface area (Å²) in [6, 6.07) is 3.46. The van der Waals surface area contributed by atoms with Crippen molar-refractivity contribution in [2.75, 3.05) is 11.1 Å². The second-order valence-electron chi connectivity index (χ2n) is 3.71. The van der Waals surface area contributed by atoms with Crippen molar-refractivity contribution in [3.05, 3.63) is 18.3 Å². The van der Waals surface area contributed by atoms with Crippen LogP contribution in [-0.4, -0.2) is 26.3 Å². The molecule has 0 aliphatic rings. The van der Waals surface area contributed by atoms with Crippen molar-refractivity contribution in [3.8, 4) is 5.88 Å². The van der Waals surface area contributed by atoms with Crippen LogP contribution in [0.3, 0.4) is 0 Å². The Bertz CT molecular complexity index is 495. The zero-order chi connectivity index (χ0) is 12.3. The molecule has 0 aliphatic heterocycles. The van der Waals surface area contributed by atoms with Gasteiger partial charge in [-0.25, -0.2) is 4.98 Å². The highest BCUT2D eigenvalue weighted by molar-refractivity contribution is 5.53. The third-order valence-electron chi connectivity index (χ3n) is 1.85. The molecule has 0 aliphatic carbocycles. The van der Waals surface area contributed by atoms with Crippen molar-refractivity contribution in [2.24, 2.45) is 0 Å². The number of hydrogen-bond donors (Lipinski definition) is 3. The normalized spacial score (nSPS) is 10.5. The molecule has 7 nitrogen and oxygen atoms in total. The van der Waals surface area contributed by atoms with Crippen LogP contribution >= 0.6 is 0 Å². The SMILES string of the molecule is CC(C)Oc1cc(Nc2ccnc(N)n2)[nH]n1. The first-order valence-electron chi connectivity index (χ1n) is 5.21. The number of nitrogens with two attached hydrogens (primary N) is 1. The van der Waals surface area contributed by atoms with Crippen molar-refractivity contribution in [3.63, 3.8) is 0 Å². The first-order chi connectivity index (χ1) is 8.13. The van der Waals surface area contributed by atoms with E-state index in [1.165, 1.54) is 0 Å². The Morgan fingerprint density at radius 2 is 2.29 bits per heavy atom. The van der Waals surface area contributed by atoms with E-state index in [-0.39, 0.29) is 12.1 Å². The summed E-state index contributed by atoms with van der Waals surface area (Å²) in [5, 5.41) is 9.79. The maximum absolute atomic E-state index is 5.47. The molecule has 17 heavy (non-hydrogen) atoms. The van der Waals surface area contributed by atoms with Crippen molar-refractivity contribution < 1.29 is 4.74 Å². The first-order valence-corrected chi connectivity index (χ1v) is 5.21. The predicted octanol–water partition coefficient (Wildman–Crippen LogP) is 1.31. The average Bonchev–Trinajstić information content (AvgIpc) is 2.64. The molecule has 0 aromatic carbocycles. The van der Waals surface area contributed by atoms with Crippen LogP contribution in [0, 0.1) is 0 Å². The molecule has 0 amide bonds. The minimum atomic E-state index is 0.0841. The summed E-state index contributed by atoms with van der Waals surface area (Å²) < 4.78 is 5.42. The van der Waals surface area contributed by atoms with Crippen molar-refractivity contribution in [1.82, 2.24) is 20.2 Å². The van der Waals surface area contributed by atoms with Crippen LogP contribution < -0.4 is 15.8 Å². The molecule has 0 radical (unpaired) electrons. The molecule has 0 bridgehead atoms. The van der Waals surface area contributed by atoms with Gasteiger partial charge in [0.1, 0.15) is 11.6 Å². The monoisotopic (exact) mass is 234 g/mol. The fourth-order valence-electron chi connectivity index (χ4n) is 1.25. The van der Waals surface area contributed by atoms with E-state index in [2.05, 4.69) is 25.5 Å². The number of nitrogens with zero attached hydrogens (tertiary/aromatic N) is 3. The van der Waals surface area contributed by atoms with E-state index in [0.29, 0.717) is 17.5 Å². The molecule has 0 saturated carbocycles. The molecule has 2 aromatic rings. The fourth-order valence-corrected chi connectivity index (χ4v) is 1.25. The molecule has 0 spiro atoms. The largest absolute Gasteiger partial charge is 0.474 e. The van der Waals surface area contributed by atoms with Crippen LogP contribution in [0.4, 0.5) is 17.6 Å². The van der Waals surface area contributed by atoms with Crippen molar-refractivity contribution in [2.45, 2.75) is 20.0 Å². The molecule has 7 heteroatoms. The van der Waals surface area contributed by atoms with Crippen molar-refractivity contribution in [1.29, 1.82) is 0 Å². The molecular formula is C10H14N6O. The number of anilines is 3. The van der Waals surface area contributed by atoms with Crippen LogP contribution in [-0.2, 0) is 0 Å². The van der Waals surface area contributed by atoms with Gasteiger partial charge in [0.05, 0.1) is 6.10 Å². The molecule has 4 N–H and O–H groups in total. The van der Waals surface area contributed by atoms with Gasteiger partial charge in [0.25, 0.3) is 0 Å². The first kappa shape index (κ1) is 11.2. The molecule has 2 rings (SSSR count). The van der Waals surface area contributed by atoms with E-state index < -0.39 is 0 Å². The minimum Gasteiger partial charge on any atom is -0.474 e. The van der Waals surface area contributed by atoms with E-state index in [0.717, 1.165) is 0 Å². The third-order valence-corrected chi connectivity index (χ3v) is 1.85. The zero-order valence-corrected chi connectivity index (χ0v) is 9.64. The molecule has 0 fully saturated rings. The maximum atomic E-state index is 5.47. The van der Waals surface area contributed by atoms with Crippen LogP contribution in [0.15, 0.2) is 18.3 Å². The summed E-state index contributed by atoms with van der Waals surface area (Å²) in [6.07, 6.45) is 1.66. The lowest BCUT2D eigenvalue weighted by Gasteiger charge is -2.04. The quantitative estimate of drug-likeness (QED) is 0.737. The molecule has 2 aromatic heterocycles. The second-order valence-corrected chi connectivity index (χ2v) is 3.71. The predicted molar refractivity (Wildman–Crippen MR) is 64.1 cm³/mol. The van der Waals surface area contributed by atoms with Gasteiger partial charge in [0.15, 0.2) is 0 Å². The number of nitrogens with one attached hydrogen (secondary N) is 2. The van der Waals surface area contributed by atoms with Gasteiger partial charge in [0, 0.05) is 12.3 Å². The highest BCUT2D eigenvalue weighted by Crippen LogP contribution is 2.17. The number of nitrogen functional groups attached to an aromatic ring is 1. The van der Waals surface area contributed by atoms with Gasteiger partial charge < -0.3 is 15.8 Å². The van der Waals surface area contributed by atoms with Gasteiger partial charge in [0.2, 0.25) is 11.8 Å². The Hall–Kier alpha value is -2.31. The number of ether oxygens (including phenoxy) is 1. The van der Waals surface area contributed by atoms with E-state index >= 15 is 0 Å². The van der Waals surface area contributed by atoms with Crippen molar-refractivity contribution >= 4 is 17.6 Å². The van der Waals surface area contributed by atoms with Gasteiger partial charge in [-0.1, -0.05) is 0 Å².